The summed E-state index contributed by atoms with van der Waals surface area (Å²) in [6.45, 7) is 15.0. The van der Waals surface area contributed by atoms with E-state index < -0.39 is 20.1 Å². The van der Waals surface area contributed by atoms with Crippen molar-refractivity contribution < 1.29 is 31.9 Å². The average molecular weight is 611 g/mol. The molecule has 1 aromatic carbocycles. The summed E-state index contributed by atoms with van der Waals surface area (Å²) < 4.78 is 57.6. The molecule has 1 aliphatic carbocycles. The van der Waals surface area contributed by atoms with Gasteiger partial charge in [0.05, 0.1) is 17.8 Å². The van der Waals surface area contributed by atoms with Crippen molar-refractivity contribution >= 4 is 14.3 Å². The minimum Gasteiger partial charge on any atom is -0.491 e. The van der Waals surface area contributed by atoms with E-state index in [0.717, 1.165) is 55.9 Å². The molecule has 0 spiro atoms. The Hall–Kier alpha value is -2.06. The van der Waals surface area contributed by atoms with Gasteiger partial charge in [0.15, 0.2) is 8.32 Å². The van der Waals surface area contributed by atoms with Crippen LogP contribution < -0.4 is 4.74 Å². The number of carbonyl (C=O) groups excluding carboxylic acids is 1. The van der Waals surface area contributed by atoms with Gasteiger partial charge in [0.25, 0.3) is 0 Å². The Morgan fingerprint density at radius 2 is 1.76 bits per heavy atom. The van der Waals surface area contributed by atoms with Gasteiger partial charge < -0.3 is 13.9 Å². The van der Waals surface area contributed by atoms with Gasteiger partial charge in [-0.2, -0.15) is 13.2 Å². The largest absolute Gasteiger partial charge is 0.491 e. The van der Waals surface area contributed by atoms with Crippen molar-refractivity contribution in [3.8, 4) is 5.75 Å². The number of esters is 1. The minimum absolute atomic E-state index is 0.0781. The number of carbonyl (C=O) groups is 1. The fourth-order valence-electron chi connectivity index (χ4n) is 6.14. The number of allylic oxidation sites excluding steroid dienone is 3. The molecule has 1 saturated carbocycles. The summed E-state index contributed by atoms with van der Waals surface area (Å²) in [5.74, 6) is 2.04. The molecular weight excluding hydrogens is 557 g/mol. The average Bonchev–Trinajstić information content (AvgIpc) is 3.21. The van der Waals surface area contributed by atoms with Gasteiger partial charge in [-0.15, -0.1) is 0 Å². The van der Waals surface area contributed by atoms with E-state index in [0.29, 0.717) is 30.1 Å². The van der Waals surface area contributed by atoms with Gasteiger partial charge in [-0.25, -0.2) is 0 Å². The van der Waals surface area contributed by atoms with Crippen LogP contribution in [0.1, 0.15) is 86.1 Å². The smallest absolute Gasteiger partial charge is 0.416 e. The molecule has 2 rings (SSSR count). The molecule has 42 heavy (non-hydrogen) atoms. The van der Waals surface area contributed by atoms with E-state index in [-0.39, 0.29) is 30.5 Å². The lowest BCUT2D eigenvalue weighted by Gasteiger charge is -2.32. The highest BCUT2D eigenvalue weighted by atomic mass is 28.4. The highest BCUT2D eigenvalue weighted by Gasteiger charge is 2.37. The molecule has 238 valence electrons. The number of unbranched alkanes of at least 4 members (excludes halogenated alkanes) is 1. The molecule has 1 aromatic rings. The Morgan fingerprint density at radius 3 is 2.38 bits per heavy atom. The zero-order valence-corrected chi connectivity index (χ0v) is 27.7. The fraction of sp³-hybridized carbons (Fsp3) is 0.676. The van der Waals surface area contributed by atoms with Crippen molar-refractivity contribution in [3.05, 3.63) is 54.1 Å². The fourth-order valence-corrected chi connectivity index (χ4v) is 8.93. The van der Waals surface area contributed by atoms with E-state index >= 15 is 0 Å². The topological polar surface area (TPSA) is 44.8 Å². The van der Waals surface area contributed by atoms with E-state index in [1.807, 2.05) is 13.8 Å². The first-order valence-corrected chi connectivity index (χ1v) is 18.4. The van der Waals surface area contributed by atoms with Crippen molar-refractivity contribution in [3.63, 3.8) is 0 Å². The van der Waals surface area contributed by atoms with Gasteiger partial charge in [0.2, 0.25) is 0 Å². The van der Waals surface area contributed by atoms with Crippen LogP contribution in [0.15, 0.2) is 48.6 Å². The van der Waals surface area contributed by atoms with Crippen LogP contribution in [-0.2, 0) is 20.1 Å². The van der Waals surface area contributed by atoms with E-state index in [9.17, 15) is 18.0 Å². The number of halogens is 3. The first-order chi connectivity index (χ1) is 19.8. The van der Waals surface area contributed by atoms with Crippen molar-refractivity contribution in [2.75, 3.05) is 6.61 Å². The lowest BCUT2D eigenvalue weighted by atomic mass is 9.84. The van der Waals surface area contributed by atoms with Crippen LogP contribution in [0, 0.1) is 23.7 Å². The zero-order valence-electron chi connectivity index (χ0n) is 26.7. The summed E-state index contributed by atoms with van der Waals surface area (Å²) >= 11 is 0. The zero-order chi connectivity index (χ0) is 31.3. The number of ether oxygens (including phenoxy) is 2. The number of benzene rings is 1. The molecule has 5 atom stereocenters. The molecule has 0 aliphatic heterocycles. The predicted octanol–water partition coefficient (Wildman–Crippen LogP) is 10.0. The molecule has 0 N–H and O–H groups in total. The van der Waals surface area contributed by atoms with Crippen molar-refractivity contribution in [2.24, 2.45) is 23.7 Å². The van der Waals surface area contributed by atoms with E-state index in [1.165, 1.54) is 6.07 Å². The standard InChI is InChI=1S/C34H53F3O4Si/c1-8-42(9-2,10-3)41-30(24-39-29-17-15-16-28(23-29)34(35,36)37)20-21-32-27(7)22-26(6)31(32)18-13-11-12-14-19-33(38)40-25(4)5/h11,13,15-17,20-21,23,25-27,30-32H,8-10,12,14,18-19,22,24H2,1-7H3/b13-11-,21-20+/t26-,27+,30?,31-,32-/m0/s1. The van der Waals surface area contributed by atoms with E-state index in [2.05, 4.69) is 58.9 Å². The summed E-state index contributed by atoms with van der Waals surface area (Å²) in [5, 5.41) is 0. The molecule has 8 heteroatoms. The first kappa shape index (κ1) is 36.1. The van der Waals surface area contributed by atoms with E-state index in [4.69, 9.17) is 13.9 Å². The van der Waals surface area contributed by atoms with Crippen LogP contribution in [-0.4, -0.2) is 33.1 Å². The van der Waals surface area contributed by atoms with Crippen molar-refractivity contribution in [1.29, 1.82) is 0 Å². The number of alkyl halides is 3. The Kier molecular flexibility index (Phi) is 14.9. The maximum atomic E-state index is 13.2. The lowest BCUT2D eigenvalue weighted by molar-refractivity contribution is -0.147. The molecule has 0 saturated heterocycles. The second kappa shape index (κ2) is 17.3. The van der Waals surface area contributed by atoms with Crippen LogP contribution >= 0.6 is 0 Å². The normalized spacial score (nSPS) is 22.4. The summed E-state index contributed by atoms with van der Waals surface area (Å²) in [5.41, 5.74) is -0.715. The number of hydrogen-bond donors (Lipinski definition) is 0. The van der Waals surface area contributed by atoms with Crippen LogP contribution in [0.5, 0.6) is 5.75 Å². The molecule has 0 amide bonds. The second-order valence-electron chi connectivity index (χ2n) is 12.2. The van der Waals surface area contributed by atoms with Gasteiger partial charge in [-0.1, -0.05) is 65.0 Å². The Morgan fingerprint density at radius 1 is 1.07 bits per heavy atom. The SMILES string of the molecule is CC[Si](CC)(CC)OC(/C=C/[C@@H]1[C@@H](C/C=C\CCCC(=O)OC(C)C)[C@@H](C)C[C@H]1C)COc1cccc(C(F)(F)F)c1. The molecule has 0 aromatic heterocycles. The third kappa shape index (κ3) is 11.6. The summed E-state index contributed by atoms with van der Waals surface area (Å²) in [7, 11) is -1.99. The molecule has 0 bridgehead atoms. The summed E-state index contributed by atoms with van der Waals surface area (Å²) in [4.78, 5) is 11.8. The Bertz CT molecular complexity index is 994. The molecular formula is C34H53F3O4Si. The summed E-state index contributed by atoms with van der Waals surface area (Å²) in [6, 6.07) is 8.00. The first-order valence-electron chi connectivity index (χ1n) is 15.8. The minimum atomic E-state index is -4.41. The van der Waals surface area contributed by atoms with Crippen LogP contribution in [0.4, 0.5) is 13.2 Å². The Labute approximate surface area is 253 Å². The third-order valence-electron chi connectivity index (χ3n) is 8.78. The molecule has 0 heterocycles. The van der Waals surface area contributed by atoms with Crippen molar-refractivity contribution in [1.82, 2.24) is 0 Å². The predicted molar refractivity (Wildman–Crippen MR) is 167 cm³/mol. The highest BCUT2D eigenvalue weighted by Crippen LogP contribution is 2.44. The second-order valence-corrected chi connectivity index (χ2v) is 16.9. The van der Waals surface area contributed by atoms with Crippen LogP contribution in [0.25, 0.3) is 0 Å². The van der Waals surface area contributed by atoms with Crippen LogP contribution in [0.2, 0.25) is 18.1 Å². The summed E-state index contributed by atoms with van der Waals surface area (Å²) in [6.07, 6.45) is 8.21. The number of hydrogen-bond acceptors (Lipinski definition) is 4. The lowest BCUT2D eigenvalue weighted by Crippen LogP contribution is -2.41. The molecule has 1 unspecified atom stereocenters. The van der Waals surface area contributed by atoms with Crippen molar-refractivity contribution in [2.45, 2.75) is 117 Å². The van der Waals surface area contributed by atoms with Crippen LogP contribution in [0.3, 0.4) is 0 Å². The van der Waals surface area contributed by atoms with Gasteiger partial charge >= 0.3 is 12.1 Å². The van der Waals surface area contributed by atoms with Gasteiger partial charge in [0, 0.05) is 6.42 Å². The quantitative estimate of drug-likeness (QED) is 0.0762. The maximum Gasteiger partial charge on any atom is 0.416 e. The number of rotatable bonds is 17. The molecule has 1 fully saturated rings. The van der Waals surface area contributed by atoms with Gasteiger partial charge in [-0.3, -0.25) is 4.79 Å². The Balaban J connectivity index is 2.11. The van der Waals surface area contributed by atoms with Gasteiger partial charge in [-0.05, 0) is 99.5 Å². The maximum absolute atomic E-state index is 13.2. The molecule has 0 radical (unpaired) electrons. The van der Waals surface area contributed by atoms with Gasteiger partial charge in [0.1, 0.15) is 12.4 Å². The third-order valence-corrected chi connectivity index (χ3v) is 13.4. The molecule has 1 aliphatic rings. The van der Waals surface area contributed by atoms with E-state index in [1.54, 1.807) is 6.07 Å². The monoisotopic (exact) mass is 610 g/mol. The molecule has 4 nitrogen and oxygen atoms in total. The highest BCUT2D eigenvalue weighted by molar-refractivity contribution is 6.73.